The van der Waals surface area contributed by atoms with Gasteiger partial charge in [-0.2, -0.15) is 0 Å². The average Bonchev–Trinajstić information content (AvgIpc) is 3.02. The SMILES string of the molecule is CCc1ccccc1OCC(C)(C)C1(C)OCC(CN2CC(C)CC(C)C2)O1. The first-order chi connectivity index (χ1) is 13.2. The molecule has 0 N–H and O–H groups in total. The van der Waals surface area contributed by atoms with Gasteiger partial charge in [0.2, 0.25) is 0 Å². The Balaban J connectivity index is 1.57. The van der Waals surface area contributed by atoms with Crippen LogP contribution in [0.4, 0.5) is 0 Å². The number of benzene rings is 1. The smallest absolute Gasteiger partial charge is 0.174 e. The highest BCUT2D eigenvalue weighted by Gasteiger charge is 2.50. The Morgan fingerprint density at radius 1 is 1.18 bits per heavy atom. The number of para-hydroxylation sites is 1. The van der Waals surface area contributed by atoms with Crippen molar-refractivity contribution < 1.29 is 14.2 Å². The molecule has 1 aromatic carbocycles. The zero-order valence-corrected chi connectivity index (χ0v) is 18.7. The van der Waals surface area contributed by atoms with Crippen LogP contribution in [0.2, 0.25) is 0 Å². The molecule has 0 aromatic heterocycles. The predicted molar refractivity (Wildman–Crippen MR) is 114 cm³/mol. The highest BCUT2D eigenvalue weighted by atomic mass is 16.7. The Morgan fingerprint density at radius 2 is 1.86 bits per heavy atom. The molecule has 3 rings (SSSR count). The molecule has 4 nitrogen and oxygen atoms in total. The maximum atomic E-state index is 6.49. The predicted octanol–water partition coefficient (Wildman–Crippen LogP) is 4.76. The largest absolute Gasteiger partial charge is 0.493 e. The van der Waals surface area contributed by atoms with Crippen molar-refractivity contribution >= 4 is 0 Å². The summed E-state index contributed by atoms with van der Waals surface area (Å²) in [5.41, 5.74) is 0.980. The molecule has 0 aliphatic carbocycles. The number of ether oxygens (including phenoxy) is 3. The molecule has 1 aromatic rings. The van der Waals surface area contributed by atoms with Crippen LogP contribution in [-0.4, -0.2) is 49.6 Å². The second kappa shape index (κ2) is 8.73. The van der Waals surface area contributed by atoms with Crippen molar-refractivity contribution in [1.82, 2.24) is 4.90 Å². The van der Waals surface area contributed by atoms with Crippen LogP contribution in [0.3, 0.4) is 0 Å². The van der Waals surface area contributed by atoms with Crippen LogP contribution in [0, 0.1) is 17.3 Å². The van der Waals surface area contributed by atoms with Crippen LogP contribution in [0.25, 0.3) is 0 Å². The third-order valence-electron chi connectivity index (χ3n) is 6.51. The maximum absolute atomic E-state index is 6.49. The lowest BCUT2D eigenvalue weighted by atomic mass is 9.85. The summed E-state index contributed by atoms with van der Waals surface area (Å²) in [5, 5.41) is 0. The number of rotatable bonds is 7. The van der Waals surface area contributed by atoms with Gasteiger partial charge < -0.3 is 19.1 Å². The van der Waals surface area contributed by atoms with E-state index in [9.17, 15) is 0 Å². The fourth-order valence-electron chi connectivity index (χ4n) is 4.64. The molecule has 4 unspecified atom stereocenters. The van der Waals surface area contributed by atoms with Crippen LogP contribution in [0.1, 0.15) is 53.5 Å². The second-order valence-electron chi connectivity index (χ2n) is 9.79. The van der Waals surface area contributed by atoms with E-state index in [4.69, 9.17) is 14.2 Å². The number of piperidine rings is 1. The fraction of sp³-hybridized carbons (Fsp3) is 0.750. The highest BCUT2D eigenvalue weighted by molar-refractivity contribution is 5.33. The zero-order chi connectivity index (χ0) is 20.4. The molecule has 4 heteroatoms. The van der Waals surface area contributed by atoms with Crippen molar-refractivity contribution in [3.8, 4) is 5.75 Å². The molecule has 0 bridgehead atoms. The van der Waals surface area contributed by atoms with Crippen LogP contribution in [0.5, 0.6) is 5.75 Å². The van der Waals surface area contributed by atoms with Crippen molar-refractivity contribution in [3.63, 3.8) is 0 Å². The van der Waals surface area contributed by atoms with Crippen molar-refractivity contribution in [1.29, 1.82) is 0 Å². The summed E-state index contributed by atoms with van der Waals surface area (Å²) in [6.07, 6.45) is 2.43. The summed E-state index contributed by atoms with van der Waals surface area (Å²) < 4.78 is 18.9. The van der Waals surface area contributed by atoms with Crippen LogP contribution in [0.15, 0.2) is 24.3 Å². The fourth-order valence-corrected chi connectivity index (χ4v) is 4.64. The van der Waals surface area contributed by atoms with E-state index in [0.717, 1.165) is 30.6 Å². The summed E-state index contributed by atoms with van der Waals surface area (Å²) in [7, 11) is 0. The zero-order valence-electron chi connectivity index (χ0n) is 18.7. The minimum Gasteiger partial charge on any atom is -0.493 e. The van der Waals surface area contributed by atoms with E-state index in [0.29, 0.717) is 13.2 Å². The summed E-state index contributed by atoms with van der Waals surface area (Å²) >= 11 is 0. The number of likely N-dealkylation sites (tertiary alicyclic amines) is 1. The number of aryl methyl sites for hydroxylation is 1. The van der Waals surface area contributed by atoms with Gasteiger partial charge in [0, 0.05) is 19.6 Å². The lowest BCUT2D eigenvalue weighted by Gasteiger charge is -2.40. The third-order valence-corrected chi connectivity index (χ3v) is 6.51. The molecule has 158 valence electrons. The van der Waals surface area contributed by atoms with E-state index >= 15 is 0 Å². The quantitative estimate of drug-likeness (QED) is 0.672. The number of hydrogen-bond donors (Lipinski definition) is 0. The molecule has 2 fully saturated rings. The van der Waals surface area contributed by atoms with Gasteiger partial charge in [-0.25, -0.2) is 0 Å². The first-order valence-corrected chi connectivity index (χ1v) is 11.0. The molecule has 0 amide bonds. The summed E-state index contributed by atoms with van der Waals surface area (Å²) in [6.45, 7) is 17.8. The number of nitrogens with zero attached hydrogens (tertiary/aromatic N) is 1. The van der Waals surface area contributed by atoms with Gasteiger partial charge in [-0.3, -0.25) is 0 Å². The Morgan fingerprint density at radius 3 is 2.54 bits per heavy atom. The Bertz CT molecular complexity index is 636. The third kappa shape index (κ3) is 4.90. The lowest BCUT2D eigenvalue weighted by Crippen LogP contribution is -2.48. The molecule has 0 saturated carbocycles. The van der Waals surface area contributed by atoms with Crippen molar-refractivity contribution in [3.05, 3.63) is 29.8 Å². The van der Waals surface area contributed by atoms with Crippen molar-refractivity contribution in [2.45, 2.75) is 66.3 Å². The van der Waals surface area contributed by atoms with Gasteiger partial charge >= 0.3 is 0 Å². The van der Waals surface area contributed by atoms with Gasteiger partial charge in [0.1, 0.15) is 5.75 Å². The molecular weight excluding hydrogens is 350 g/mol. The monoisotopic (exact) mass is 389 g/mol. The molecule has 2 aliphatic heterocycles. The molecule has 2 aliphatic rings. The molecule has 2 saturated heterocycles. The Kier molecular flexibility index (Phi) is 6.73. The van der Waals surface area contributed by atoms with Crippen molar-refractivity contribution in [2.24, 2.45) is 17.3 Å². The molecular formula is C24H39NO3. The lowest BCUT2D eigenvalue weighted by molar-refractivity contribution is -0.231. The minimum absolute atomic E-state index is 0.129. The van der Waals surface area contributed by atoms with E-state index in [1.54, 1.807) is 0 Å². The molecule has 2 heterocycles. The normalized spacial score (nSPS) is 31.9. The summed E-state index contributed by atoms with van der Waals surface area (Å²) in [5.74, 6) is 1.86. The molecule has 28 heavy (non-hydrogen) atoms. The summed E-state index contributed by atoms with van der Waals surface area (Å²) in [6, 6.07) is 8.27. The van der Waals surface area contributed by atoms with E-state index in [1.165, 1.54) is 25.1 Å². The standard InChI is InChI=1S/C24H39NO3/c1-7-20-10-8-9-11-22(20)26-17-23(4,5)24(6)27-16-21(28-24)15-25-13-18(2)12-19(3)14-25/h8-11,18-19,21H,7,12-17H2,1-6H3. The number of hydrogen-bond acceptors (Lipinski definition) is 4. The molecule has 0 spiro atoms. The topological polar surface area (TPSA) is 30.9 Å². The minimum atomic E-state index is -0.633. The van der Waals surface area contributed by atoms with Crippen LogP contribution < -0.4 is 4.74 Å². The van der Waals surface area contributed by atoms with Gasteiger partial charge in [-0.15, -0.1) is 0 Å². The van der Waals surface area contributed by atoms with Crippen molar-refractivity contribution in [2.75, 3.05) is 32.8 Å². The first kappa shape index (κ1) is 21.6. The second-order valence-corrected chi connectivity index (χ2v) is 9.79. The van der Waals surface area contributed by atoms with E-state index < -0.39 is 5.79 Å². The van der Waals surface area contributed by atoms with Gasteiger partial charge in [-0.05, 0) is 43.2 Å². The Labute approximate surface area is 171 Å². The molecule has 4 atom stereocenters. The van der Waals surface area contributed by atoms with E-state index in [-0.39, 0.29) is 11.5 Å². The van der Waals surface area contributed by atoms with Gasteiger partial charge in [0.25, 0.3) is 0 Å². The van der Waals surface area contributed by atoms with Crippen LogP contribution >= 0.6 is 0 Å². The summed E-state index contributed by atoms with van der Waals surface area (Å²) in [4.78, 5) is 2.56. The highest BCUT2D eigenvalue weighted by Crippen LogP contribution is 2.41. The van der Waals surface area contributed by atoms with Gasteiger partial charge in [0.05, 0.1) is 24.7 Å². The van der Waals surface area contributed by atoms with Gasteiger partial charge in [0.15, 0.2) is 5.79 Å². The maximum Gasteiger partial charge on any atom is 0.174 e. The van der Waals surface area contributed by atoms with Crippen LogP contribution in [-0.2, 0) is 15.9 Å². The first-order valence-electron chi connectivity index (χ1n) is 11.0. The van der Waals surface area contributed by atoms with Gasteiger partial charge in [-0.1, -0.05) is 52.8 Å². The molecule has 0 radical (unpaired) electrons. The van der Waals surface area contributed by atoms with E-state index in [1.807, 2.05) is 6.07 Å². The van der Waals surface area contributed by atoms with E-state index in [2.05, 4.69) is 64.6 Å². The average molecular weight is 390 g/mol. The Hall–Kier alpha value is -1.10.